The van der Waals surface area contributed by atoms with Crippen molar-refractivity contribution in [1.29, 1.82) is 0 Å². The predicted octanol–water partition coefficient (Wildman–Crippen LogP) is 2.91. The Kier molecular flexibility index (Phi) is 5.35. The van der Waals surface area contributed by atoms with E-state index in [2.05, 4.69) is 16.9 Å². The van der Waals surface area contributed by atoms with Crippen LogP contribution in [0, 0.1) is 0 Å². The Labute approximate surface area is 145 Å². The molecule has 0 unspecified atom stereocenters. The van der Waals surface area contributed by atoms with Crippen LogP contribution in [0.25, 0.3) is 10.9 Å². The zero-order valence-corrected chi connectivity index (χ0v) is 14.3. The Morgan fingerprint density at radius 2 is 2.12 bits per heavy atom. The first-order valence-electron chi connectivity index (χ1n) is 8.22. The van der Waals surface area contributed by atoms with Gasteiger partial charge in [0.15, 0.2) is 5.16 Å². The molecule has 1 fully saturated rings. The molecule has 3 rings (SSSR count). The van der Waals surface area contributed by atoms with Crippen molar-refractivity contribution in [1.82, 2.24) is 14.9 Å². The number of nitrogens with zero attached hydrogens (tertiary/aromatic N) is 2. The minimum absolute atomic E-state index is 0.00139. The molecular weight excluding hydrogens is 322 g/mol. The molecule has 0 atom stereocenters. The molecule has 0 spiro atoms. The first-order chi connectivity index (χ1) is 11.7. The Hall–Kier alpha value is -2.08. The maximum absolute atomic E-state index is 12.9. The number of carbonyl (C=O) groups excluding carboxylic acids is 1. The Balaban J connectivity index is 1.95. The van der Waals surface area contributed by atoms with Gasteiger partial charge >= 0.3 is 0 Å². The van der Waals surface area contributed by atoms with Crippen LogP contribution in [0.15, 0.2) is 46.9 Å². The summed E-state index contributed by atoms with van der Waals surface area (Å²) in [5.41, 5.74) is 0.687. The minimum Gasteiger partial charge on any atom is -0.352 e. The zero-order valence-electron chi connectivity index (χ0n) is 13.5. The molecule has 0 bridgehead atoms. The number of para-hydroxylation sites is 1. The largest absolute Gasteiger partial charge is 0.352 e. The van der Waals surface area contributed by atoms with Gasteiger partial charge in [0.1, 0.15) is 0 Å². The van der Waals surface area contributed by atoms with Crippen molar-refractivity contribution in [3.63, 3.8) is 0 Å². The molecular formula is C18H21N3O2S. The summed E-state index contributed by atoms with van der Waals surface area (Å²) in [6, 6.07) is 7.59. The molecule has 1 heterocycles. The van der Waals surface area contributed by atoms with E-state index in [1.807, 2.05) is 24.3 Å². The monoisotopic (exact) mass is 343 g/mol. The number of nitrogens with one attached hydrogen (secondary N) is 1. The smallest absolute Gasteiger partial charge is 0.262 e. The standard InChI is InChI=1S/C18H21N3O2S/c1-2-11-19-16(22)12-24-18-20-15-10-6-5-9-14(15)17(23)21(18)13-7-3-4-8-13/h2,5-6,9-10,13H,1,3-4,7-8,11-12H2,(H,19,22). The number of carbonyl (C=O) groups is 1. The summed E-state index contributed by atoms with van der Waals surface area (Å²) in [5.74, 6) is 0.158. The molecule has 0 radical (unpaired) electrons. The molecule has 1 aliphatic carbocycles. The SMILES string of the molecule is C=CCNC(=O)CSc1nc2ccccc2c(=O)n1C1CCCC1. The molecule has 126 valence electrons. The van der Waals surface area contributed by atoms with Gasteiger partial charge in [0.05, 0.1) is 16.7 Å². The molecule has 1 N–H and O–H groups in total. The summed E-state index contributed by atoms with van der Waals surface area (Å²) in [7, 11) is 0. The second-order valence-electron chi connectivity index (χ2n) is 5.91. The number of hydrogen-bond donors (Lipinski definition) is 1. The average molecular weight is 343 g/mol. The molecule has 5 nitrogen and oxygen atoms in total. The van der Waals surface area contributed by atoms with Gasteiger partial charge in [-0.2, -0.15) is 0 Å². The van der Waals surface area contributed by atoms with E-state index in [9.17, 15) is 9.59 Å². The first kappa shape index (κ1) is 16.8. The number of rotatable bonds is 6. The van der Waals surface area contributed by atoms with Crippen LogP contribution >= 0.6 is 11.8 Å². The summed E-state index contributed by atoms with van der Waals surface area (Å²) in [6.45, 7) is 4.03. The molecule has 1 aromatic heterocycles. The summed E-state index contributed by atoms with van der Waals surface area (Å²) in [4.78, 5) is 29.5. The topological polar surface area (TPSA) is 64.0 Å². The van der Waals surface area contributed by atoms with Gasteiger partial charge in [-0.15, -0.1) is 6.58 Å². The molecule has 6 heteroatoms. The lowest BCUT2D eigenvalue weighted by Crippen LogP contribution is -2.28. The number of amides is 1. The van der Waals surface area contributed by atoms with Crippen LogP contribution in [-0.4, -0.2) is 27.8 Å². The molecule has 1 amide bonds. The van der Waals surface area contributed by atoms with Crippen molar-refractivity contribution < 1.29 is 4.79 Å². The van der Waals surface area contributed by atoms with E-state index < -0.39 is 0 Å². The summed E-state index contributed by atoms with van der Waals surface area (Å²) >= 11 is 1.33. The number of benzene rings is 1. The lowest BCUT2D eigenvalue weighted by Gasteiger charge is -2.18. The molecule has 1 aromatic carbocycles. The van der Waals surface area contributed by atoms with E-state index in [-0.39, 0.29) is 23.3 Å². The van der Waals surface area contributed by atoms with E-state index in [4.69, 9.17) is 0 Å². The van der Waals surface area contributed by atoms with Gasteiger partial charge in [0, 0.05) is 12.6 Å². The van der Waals surface area contributed by atoms with E-state index in [0.29, 0.717) is 22.6 Å². The maximum Gasteiger partial charge on any atom is 0.262 e. The Morgan fingerprint density at radius 3 is 2.88 bits per heavy atom. The quantitative estimate of drug-likeness (QED) is 0.498. The highest BCUT2D eigenvalue weighted by Crippen LogP contribution is 2.32. The van der Waals surface area contributed by atoms with Crippen LogP contribution in [0.5, 0.6) is 0 Å². The van der Waals surface area contributed by atoms with E-state index in [1.54, 1.807) is 10.6 Å². The molecule has 0 saturated heterocycles. The third-order valence-corrected chi connectivity index (χ3v) is 5.19. The third kappa shape index (κ3) is 3.53. The van der Waals surface area contributed by atoms with Gasteiger partial charge in [-0.05, 0) is 25.0 Å². The number of hydrogen-bond acceptors (Lipinski definition) is 4. The third-order valence-electron chi connectivity index (χ3n) is 4.24. The van der Waals surface area contributed by atoms with Crippen molar-refractivity contribution >= 4 is 28.6 Å². The highest BCUT2D eigenvalue weighted by Gasteiger charge is 2.23. The van der Waals surface area contributed by atoms with Crippen molar-refractivity contribution in [3.8, 4) is 0 Å². The normalized spacial score (nSPS) is 14.8. The fourth-order valence-corrected chi connectivity index (χ4v) is 3.98. The van der Waals surface area contributed by atoms with Crippen molar-refractivity contribution in [2.45, 2.75) is 36.9 Å². The van der Waals surface area contributed by atoms with Crippen LogP contribution < -0.4 is 10.9 Å². The number of fused-ring (bicyclic) bond motifs is 1. The highest BCUT2D eigenvalue weighted by atomic mass is 32.2. The second kappa shape index (κ2) is 7.66. The first-order valence-corrected chi connectivity index (χ1v) is 9.21. The lowest BCUT2D eigenvalue weighted by atomic mass is 10.2. The second-order valence-corrected chi connectivity index (χ2v) is 6.85. The van der Waals surface area contributed by atoms with Crippen LogP contribution in [0.2, 0.25) is 0 Å². The summed E-state index contributed by atoms with van der Waals surface area (Å²) in [5, 5.41) is 4.03. The summed E-state index contributed by atoms with van der Waals surface area (Å²) in [6.07, 6.45) is 5.90. The molecule has 24 heavy (non-hydrogen) atoms. The van der Waals surface area contributed by atoms with Gasteiger partial charge in [0.2, 0.25) is 5.91 Å². The zero-order chi connectivity index (χ0) is 16.9. The van der Waals surface area contributed by atoms with Gasteiger partial charge in [-0.25, -0.2) is 4.98 Å². The Bertz CT molecular complexity index is 810. The summed E-state index contributed by atoms with van der Waals surface area (Å²) < 4.78 is 1.81. The van der Waals surface area contributed by atoms with Crippen molar-refractivity contribution in [3.05, 3.63) is 47.3 Å². The van der Waals surface area contributed by atoms with E-state index in [1.165, 1.54) is 11.8 Å². The molecule has 1 aliphatic rings. The van der Waals surface area contributed by atoms with Crippen LogP contribution in [0.1, 0.15) is 31.7 Å². The van der Waals surface area contributed by atoms with Gasteiger partial charge in [-0.1, -0.05) is 42.8 Å². The van der Waals surface area contributed by atoms with E-state index >= 15 is 0 Å². The van der Waals surface area contributed by atoms with Crippen LogP contribution in [0.3, 0.4) is 0 Å². The van der Waals surface area contributed by atoms with Crippen LogP contribution in [-0.2, 0) is 4.79 Å². The maximum atomic E-state index is 12.9. The van der Waals surface area contributed by atoms with Crippen molar-refractivity contribution in [2.24, 2.45) is 0 Å². The Morgan fingerprint density at radius 1 is 1.38 bits per heavy atom. The molecule has 2 aromatic rings. The fraction of sp³-hybridized carbons (Fsp3) is 0.389. The molecule has 0 aliphatic heterocycles. The molecule has 1 saturated carbocycles. The van der Waals surface area contributed by atoms with Crippen molar-refractivity contribution in [2.75, 3.05) is 12.3 Å². The van der Waals surface area contributed by atoms with Gasteiger partial charge in [-0.3, -0.25) is 14.2 Å². The van der Waals surface area contributed by atoms with Gasteiger partial charge in [0.25, 0.3) is 5.56 Å². The van der Waals surface area contributed by atoms with E-state index in [0.717, 1.165) is 25.7 Å². The fourth-order valence-electron chi connectivity index (χ4n) is 3.08. The minimum atomic E-state index is -0.0831. The van der Waals surface area contributed by atoms with Crippen LogP contribution in [0.4, 0.5) is 0 Å². The predicted molar refractivity (Wildman–Crippen MR) is 97.4 cm³/mol. The van der Waals surface area contributed by atoms with Gasteiger partial charge < -0.3 is 5.32 Å². The average Bonchev–Trinajstić information content (AvgIpc) is 3.12. The number of thioether (sulfide) groups is 1. The lowest BCUT2D eigenvalue weighted by molar-refractivity contribution is -0.118. The number of aromatic nitrogens is 2. The highest BCUT2D eigenvalue weighted by molar-refractivity contribution is 7.99.